The van der Waals surface area contributed by atoms with E-state index in [2.05, 4.69) is 22.1 Å². The molecule has 5 rings (SSSR count). The topological polar surface area (TPSA) is 62.6 Å². The van der Waals surface area contributed by atoms with Crippen molar-refractivity contribution >= 4 is 23.5 Å². The number of nitrogens with zero attached hydrogens (tertiary/aromatic N) is 3. The molecule has 1 aliphatic heterocycles. The molecule has 0 saturated carbocycles. The number of rotatable bonds is 5. The number of fused-ring (bicyclic) bond motifs is 1. The number of aromatic amines is 1. The normalized spacial score (nSPS) is 14.3. The second kappa shape index (κ2) is 8.98. The average molecular weight is 441 g/mol. The smallest absolute Gasteiger partial charge is 0.280 e. The van der Waals surface area contributed by atoms with Gasteiger partial charge < -0.3 is 9.64 Å². The van der Waals surface area contributed by atoms with Crippen LogP contribution in [0.4, 0.5) is 5.69 Å². The molecule has 168 valence electrons. The highest BCUT2D eigenvalue weighted by Crippen LogP contribution is 2.34. The zero-order valence-electron chi connectivity index (χ0n) is 19.0. The Hall–Kier alpha value is -3.80. The molecular weight excluding hydrogens is 412 g/mol. The van der Waals surface area contributed by atoms with Crippen LogP contribution in [0.5, 0.6) is 5.75 Å². The molecule has 1 aliphatic rings. The van der Waals surface area contributed by atoms with Gasteiger partial charge in [-0.2, -0.15) is 4.52 Å². The largest absolute Gasteiger partial charge is 0.496 e. The molecule has 0 atom stereocenters. The quantitative estimate of drug-likeness (QED) is 0.465. The van der Waals surface area contributed by atoms with Gasteiger partial charge in [0.1, 0.15) is 11.4 Å². The molecule has 0 spiro atoms. The van der Waals surface area contributed by atoms with E-state index in [1.165, 1.54) is 6.42 Å². The third-order valence-electron chi connectivity index (χ3n) is 6.28. The van der Waals surface area contributed by atoms with Gasteiger partial charge >= 0.3 is 0 Å². The van der Waals surface area contributed by atoms with E-state index in [9.17, 15) is 4.79 Å². The van der Waals surface area contributed by atoms with Crippen LogP contribution in [0, 0.1) is 6.92 Å². The Morgan fingerprint density at radius 2 is 1.70 bits per heavy atom. The van der Waals surface area contributed by atoms with Gasteiger partial charge in [-0.25, -0.2) is 4.98 Å². The first-order valence-corrected chi connectivity index (χ1v) is 11.4. The van der Waals surface area contributed by atoms with Gasteiger partial charge in [0.15, 0.2) is 5.65 Å². The van der Waals surface area contributed by atoms with Gasteiger partial charge in [-0.15, -0.1) is 0 Å². The standard InChI is InChI=1S/C27H28N4O2/c1-19-22(16-15-20-11-7-8-14-23(20)33-2)27(32)31-26(28-19)25(30-17-9-4-10-18-30)24(29-31)21-12-5-3-6-13-21/h3,5-8,11-16,29H,4,9-10,17-18H2,1-2H3/b16-15+. The first-order valence-electron chi connectivity index (χ1n) is 11.4. The van der Waals surface area contributed by atoms with Gasteiger partial charge in [-0.1, -0.05) is 54.6 Å². The number of aromatic nitrogens is 3. The number of aryl methyl sites for hydroxylation is 1. The first kappa shape index (κ1) is 21.1. The van der Waals surface area contributed by atoms with Crippen LogP contribution in [0.3, 0.4) is 0 Å². The minimum absolute atomic E-state index is 0.107. The number of nitrogens with one attached hydrogen (secondary N) is 1. The fraction of sp³-hybridized carbons (Fsp3) is 0.259. The van der Waals surface area contributed by atoms with Crippen molar-refractivity contribution in [3.05, 3.63) is 81.8 Å². The van der Waals surface area contributed by atoms with E-state index in [1.807, 2.05) is 61.5 Å². The van der Waals surface area contributed by atoms with E-state index >= 15 is 0 Å². The van der Waals surface area contributed by atoms with E-state index in [1.54, 1.807) is 11.6 Å². The summed E-state index contributed by atoms with van der Waals surface area (Å²) < 4.78 is 7.04. The molecule has 4 aromatic rings. The second-order valence-electron chi connectivity index (χ2n) is 8.40. The highest BCUT2D eigenvalue weighted by molar-refractivity contribution is 5.86. The Labute approximate surface area is 193 Å². The first-order chi connectivity index (χ1) is 16.2. The zero-order chi connectivity index (χ0) is 22.8. The number of H-pyrrole nitrogens is 1. The molecule has 2 aromatic heterocycles. The van der Waals surface area contributed by atoms with Crippen LogP contribution < -0.4 is 15.2 Å². The number of benzene rings is 2. The molecule has 0 amide bonds. The Kier molecular flexibility index (Phi) is 5.73. The maximum atomic E-state index is 13.6. The summed E-state index contributed by atoms with van der Waals surface area (Å²) in [5.74, 6) is 0.763. The third kappa shape index (κ3) is 3.93. The molecule has 0 radical (unpaired) electrons. The second-order valence-corrected chi connectivity index (χ2v) is 8.40. The van der Waals surface area contributed by atoms with Crippen LogP contribution in [0.1, 0.15) is 36.1 Å². The van der Waals surface area contributed by atoms with Crippen molar-refractivity contribution in [2.45, 2.75) is 26.2 Å². The third-order valence-corrected chi connectivity index (χ3v) is 6.28. The van der Waals surface area contributed by atoms with E-state index in [0.29, 0.717) is 16.9 Å². The molecular formula is C27H28N4O2. The molecule has 1 saturated heterocycles. The lowest BCUT2D eigenvalue weighted by molar-refractivity contribution is 0.414. The Bertz CT molecular complexity index is 1360. The number of ether oxygens (including phenoxy) is 1. The lowest BCUT2D eigenvalue weighted by atomic mass is 10.1. The van der Waals surface area contributed by atoms with Crippen molar-refractivity contribution in [2.24, 2.45) is 0 Å². The summed E-state index contributed by atoms with van der Waals surface area (Å²) in [4.78, 5) is 20.9. The summed E-state index contributed by atoms with van der Waals surface area (Å²) in [7, 11) is 1.65. The SMILES string of the molecule is COc1ccccc1/C=C/c1c(C)nc2c(N3CCCCC3)c(-c3ccccc3)[nH]n2c1=O. The zero-order valence-corrected chi connectivity index (χ0v) is 19.0. The average Bonchev–Trinajstić information content (AvgIpc) is 3.24. The van der Waals surface area contributed by atoms with Gasteiger partial charge in [-0.05, 0) is 38.3 Å². The van der Waals surface area contributed by atoms with Crippen molar-refractivity contribution in [1.29, 1.82) is 0 Å². The fourth-order valence-corrected chi connectivity index (χ4v) is 4.57. The maximum Gasteiger partial charge on any atom is 0.280 e. The lowest BCUT2D eigenvalue weighted by Crippen LogP contribution is -2.30. The van der Waals surface area contributed by atoms with Crippen molar-refractivity contribution < 1.29 is 4.74 Å². The highest BCUT2D eigenvalue weighted by Gasteiger charge is 2.24. The Morgan fingerprint density at radius 3 is 2.45 bits per heavy atom. The molecule has 0 unspecified atom stereocenters. The van der Waals surface area contributed by atoms with E-state index < -0.39 is 0 Å². The Morgan fingerprint density at radius 1 is 0.970 bits per heavy atom. The maximum absolute atomic E-state index is 13.6. The number of anilines is 1. The van der Waals surface area contributed by atoms with Crippen LogP contribution in [0.2, 0.25) is 0 Å². The van der Waals surface area contributed by atoms with Crippen molar-refractivity contribution in [3.63, 3.8) is 0 Å². The predicted octanol–water partition coefficient (Wildman–Crippen LogP) is 5.17. The summed E-state index contributed by atoms with van der Waals surface area (Å²) in [6.07, 6.45) is 7.27. The van der Waals surface area contributed by atoms with E-state index in [-0.39, 0.29) is 5.56 Å². The van der Waals surface area contributed by atoms with Gasteiger partial charge in [-0.3, -0.25) is 9.89 Å². The van der Waals surface area contributed by atoms with Gasteiger partial charge in [0.2, 0.25) is 0 Å². The Balaban J connectivity index is 1.68. The van der Waals surface area contributed by atoms with E-state index in [0.717, 1.165) is 54.2 Å². The summed E-state index contributed by atoms with van der Waals surface area (Å²) in [5.41, 5.74) is 5.76. The number of piperidine rings is 1. The van der Waals surface area contributed by atoms with Crippen molar-refractivity contribution in [3.8, 4) is 17.0 Å². The van der Waals surface area contributed by atoms with Crippen molar-refractivity contribution in [2.75, 3.05) is 25.1 Å². The summed E-state index contributed by atoms with van der Waals surface area (Å²) in [6, 6.07) is 17.9. The van der Waals surface area contributed by atoms with Crippen LogP contribution in [0.15, 0.2) is 59.4 Å². The molecule has 2 aromatic carbocycles. The molecule has 6 nitrogen and oxygen atoms in total. The van der Waals surface area contributed by atoms with Crippen LogP contribution >= 0.6 is 0 Å². The highest BCUT2D eigenvalue weighted by atomic mass is 16.5. The predicted molar refractivity (Wildman–Crippen MR) is 134 cm³/mol. The van der Waals surface area contributed by atoms with Crippen LogP contribution in [-0.2, 0) is 0 Å². The molecule has 0 bridgehead atoms. The number of methoxy groups -OCH3 is 1. The summed E-state index contributed by atoms with van der Waals surface area (Å²) in [6.45, 7) is 3.84. The molecule has 33 heavy (non-hydrogen) atoms. The fourth-order valence-electron chi connectivity index (χ4n) is 4.57. The number of hydrogen-bond donors (Lipinski definition) is 1. The molecule has 6 heteroatoms. The van der Waals surface area contributed by atoms with Gasteiger partial charge in [0.25, 0.3) is 5.56 Å². The van der Waals surface area contributed by atoms with Crippen molar-refractivity contribution in [1.82, 2.24) is 14.6 Å². The van der Waals surface area contributed by atoms with Crippen LogP contribution in [-0.4, -0.2) is 34.8 Å². The molecule has 3 heterocycles. The van der Waals surface area contributed by atoms with Gasteiger partial charge in [0, 0.05) is 24.2 Å². The summed E-state index contributed by atoms with van der Waals surface area (Å²) >= 11 is 0. The number of hydrogen-bond acceptors (Lipinski definition) is 4. The summed E-state index contributed by atoms with van der Waals surface area (Å²) in [5, 5.41) is 3.38. The van der Waals surface area contributed by atoms with Gasteiger partial charge in [0.05, 0.1) is 24.1 Å². The lowest BCUT2D eigenvalue weighted by Gasteiger charge is -2.28. The molecule has 0 aliphatic carbocycles. The number of para-hydroxylation sites is 1. The molecule has 1 N–H and O–H groups in total. The van der Waals surface area contributed by atoms with E-state index in [4.69, 9.17) is 9.72 Å². The minimum atomic E-state index is -0.107. The molecule has 1 fully saturated rings. The van der Waals surface area contributed by atoms with Crippen LogP contribution in [0.25, 0.3) is 29.1 Å². The minimum Gasteiger partial charge on any atom is -0.496 e. The monoisotopic (exact) mass is 440 g/mol.